The first-order chi connectivity index (χ1) is 10.1. The number of nitrogens with zero attached hydrogens (tertiary/aromatic N) is 1. The van der Waals surface area contributed by atoms with Gasteiger partial charge in [0.05, 0.1) is 6.42 Å². The van der Waals surface area contributed by atoms with Gasteiger partial charge in [0.15, 0.2) is 0 Å². The lowest BCUT2D eigenvalue weighted by molar-refractivity contribution is -0.137. The Morgan fingerprint density at radius 2 is 2.00 bits per heavy atom. The van der Waals surface area contributed by atoms with Crippen LogP contribution in [0, 0.1) is 0 Å². The van der Waals surface area contributed by atoms with Crippen LogP contribution in [-0.4, -0.2) is 22.6 Å². The third kappa shape index (κ3) is 4.28. The van der Waals surface area contributed by atoms with Crippen molar-refractivity contribution in [3.05, 3.63) is 64.4 Å². The fourth-order valence-corrected chi connectivity index (χ4v) is 2.44. The van der Waals surface area contributed by atoms with Gasteiger partial charge in [0.25, 0.3) is 0 Å². The summed E-state index contributed by atoms with van der Waals surface area (Å²) in [6.07, 6.45) is 4.17. The molecule has 2 rings (SSSR count). The second-order valence-electron chi connectivity index (χ2n) is 4.91. The topological polar surface area (TPSA) is 76.2 Å². The molecule has 1 heterocycles. The second-order valence-corrected chi connectivity index (χ2v) is 5.32. The smallest absolute Gasteiger partial charge is 0.304 e. The van der Waals surface area contributed by atoms with Crippen LogP contribution < -0.4 is 5.73 Å². The quantitative estimate of drug-likeness (QED) is 0.860. The van der Waals surface area contributed by atoms with Crippen molar-refractivity contribution in [2.24, 2.45) is 5.73 Å². The molecule has 0 fully saturated rings. The molecule has 5 heteroatoms. The van der Waals surface area contributed by atoms with Crippen molar-refractivity contribution in [1.82, 2.24) is 4.98 Å². The molecule has 3 N–H and O–H groups in total. The number of aromatic nitrogens is 1. The van der Waals surface area contributed by atoms with Gasteiger partial charge in [-0.25, -0.2) is 0 Å². The maximum absolute atomic E-state index is 10.9. The molecular formula is C16H17ClN2O2. The molecule has 0 bridgehead atoms. The fourth-order valence-electron chi connectivity index (χ4n) is 2.25. The average Bonchev–Trinajstić information content (AvgIpc) is 2.48. The minimum absolute atomic E-state index is 0.0207. The molecule has 0 aliphatic heterocycles. The van der Waals surface area contributed by atoms with Gasteiger partial charge in [0, 0.05) is 23.3 Å². The summed E-state index contributed by atoms with van der Waals surface area (Å²) in [7, 11) is 0. The highest BCUT2D eigenvalue weighted by molar-refractivity contribution is 6.31. The monoisotopic (exact) mass is 304 g/mol. The average molecular weight is 305 g/mol. The van der Waals surface area contributed by atoms with E-state index in [0.717, 1.165) is 16.7 Å². The van der Waals surface area contributed by atoms with Crippen molar-refractivity contribution in [2.75, 3.05) is 6.54 Å². The van der Waals surface area contributed by atoms with Crippen LogP contribution in [0.1, 0.15) is 29.0 Å². The maximum Gasteiger partial charge on any atom is 0.304 e. The van der Waals surface area contributed by atoms with Gasteiger partial charge in [-0.2, -0.15) is 0 Å². The van der Waals surface area contributed by atoms with Crippen LogP contribution >= 0.6 is 11.6 Å². The second kappa shape index (κ2) is 7.20. The Labute approximate surface area is 128 Å². The molecule has 1 aromatic heterocycles. The zero-order chi connectivity index (χ0) is 15.2. The lowest BCUT2D eigenvalue weighted by Gasteiger charge is -2.15. The summed E-state index contributed by atoms with van der Waals surface area (Å²) in [5, 5.41) is 9.62. The van der Waals surface area contributed by atoms with Crippen LogP contribution in [0.2, 0.25) is 5.02 Å². The normalized spacial score (nSPS) is 12.1. The van der Waals surface area contributed by atoms with E-state index >= 15 is 0 Å². The van der Waals surface area contributed by atoms with E-state index in [1.54, 1.807) is 18.5 Å². The summed E-state index contributed by atoms with van der Waals surface area (Å²) in [4.78, 5) is 14.9. The van der Waals surface area contributed by atoms with Crippen molar-refractivity contribution in [3.63, 3.8) is 0 Å². The summed E-state index contributed by atoms with van der Waals surface area (Å²) >= 11 is 6.24. The molecule has 0 amide bonds. The molecule has 0 aliphatic rings. The fraction of sp³-hybridized carbons (Fsp3) is 0.250. The van der Waals surface area contributed by atoms with E-state index < -0.39 is 5.97 Å². The Balaban J connectivity index is 2.26. The predicted octanol–water partition coefficient (Wildman–Crippen LogP) is 2.84. The number of pyridine rings is 1. The number of aliphatic carboxylic acids is 1. The van der Waals surface area contributed by atoms with Crippen LogP contribution in [-0.2, 0) is 11.2 Å². The number of nitrogens with two attached hydrogens (primary N) is 1. The molecule has 110 valence electrons. The molecule has 21 heavy (non-hydrogen) atoms. The Hall–Kier alpha value is -1.91. The summed E-state index contributed by atoms with van der Waals surface area (Å²) in [5.74, 6) is -1.05. The van der Waals surface area contributed by atoms with Crippen molar-refractivity contribution < 1.29 is 9.90 Å². The lowest BCUT2D eigenvalue weighted by Crippen LogP contribution is -2.16. The molecule has 1 atom stereocenters. The van der Waals surface area contributed by atoms with Gasteiger partial charge in [-0.3, -0.25) is 9.78 Å². The maximum atomic E-state index is 10.9. The molecule has 1 aromatic carbocycles. The van der Waals surface area contributed by atoms with E-state index in [-0.39, 0.29) is 12.3 Å². The largest absolute Gasteiger partial charge is 0.481 e. The Morgan fingerprint density at radius 1 is 1.29 bits per heavy atom. The first-order valence-corrected chi connectivity index (χ1v) is 7.07. The molecule has 0 aliphatic carbocycles. The lowest BCUT2D eigenvalue weighted by atomic mass is 9.93. The van der Waals surface area contributed by atoms with E-state index in [4.69, 9.17) is 22.4 Å². The van der Waals surface area contributed by atoms with Crippen molar-refractivity contribution >= 4 is 17.6 Å². The van der Waals surface area contributed by atoms with Gasteiger partial charge in [0.2, 0.25) is 0 Å². The minimum Gasteiger partial charge on any atom is -0.481 e. The van der Waals surface area contributed by atoms with Gasteiger partial charge in [-0.15, -0.1) is 0 Å². The summed E-state index contributed by atoms with van der Waals surface area (Å²) in [5.41, 5.74) is 8.67. The van der Waals surface area contributed by atoms with Gasteiger partial charge >= 0.3 is 5.97 Å². The van der Waals surface area contributed by atoms with Crippen LogP contribution in [0.5, 0.6) is 0 Å². The van der Waals surface area contributed by atoms with E-state index in [0.29, 0.717) is 18.0 Å². The summed E-state index contributed by atoms with van der Waals surface area (Å²) in [6, 6.07) is 9.46. The van der Waals surface area contributed by atoms with E-state index in [1.165, 1.54) is 0 Å². The zero-order valence-electron chi connectivity index (χ0n) is 11.5. The third-order valence-corrected chi connectivity index (χ3v) is 3.76. The first kappa shape index (κ1) is 15.5. The Kier molecular flexibility index (Phi) is 5.31. The highest BCUT2D eigenvalue weighted by Crippen LogP contribution is 2.26. The van der Waals surface area contributed by atoms with E-state index in [2.05, 4.69) is 4.98 Å². The molecule has 0 spiro atoms. The van der Waals surface area contributed by atoms with Crippen LogP contribution in [0.25, 0.3) is 0 Å². The molecule has 0 saturated carbocycles. The molecule has 0 saturated heterocycles. The third-order valence-electron chi connectivity index (χ3n) is 3.39. The number of carboxylic acids is 1. The first-order valence-electron chi connectivity index (χ1n) is 6.69. The van der Waals surface area contributed by atoms with Crippen LogP contribution in [0.4, 0.5) is 0 Å². The number of hydrogen-bond donors (Lipinski definition) is 2. The number of halogens is 1. The predicted molar refractivity (Wildman–Crippen MR) is 82.5 cm³/mol. The zero-order valence-corrected chi connectivity index (χ0v) is 12.3. The molecule has 2 aromatic rings. The van der Waals surface area contributed by atoms with Gasteiger partial charge < -0.3 is 10.8 Å². The Bertz CT molecular complexity index is 617. The molecule has 4 nitrogen and oxygen atoms in total. The minimum atomic E-state index is -0.851. The number of hydrogen-bond acceptors (Lipinski definition) is 3. The standard InChI is InChI=1S/C16H17ClN2O2/c17-15-2-1-12(14(10-18)9-16(20)21)8-13(15)7-11-3-5-19-6-4-11/h1-6,8,14H,7,9-10,18H2,(H,20,21)/t14-/m0/s1. The SMILES string of the molecule is NC[C@H](CC(=O)O)c1ccc(Cl)c(Cc2ccncc2)c1. The van der Waals surface area contributed by atoms with Gasteiger partial charge in [-0.05, 0) is 47.9 Å². The van der Waals surface area contributed by atoms with Crippen molar-refractivity contribution in [3.8, 4) is 0 Å². The highest BCUT2D eigenvalue weighted by atomic mass is 35.5. The van der Waals surface area contributed by atoms with Gasteiger partial charge in [0.1, 0.15) is 0 Å². The number of carbonyl (C=O) groups is 1. The van der Waals surface area contributed by atoms with Crippen LogP contribution in [0.15, 0.2) is 42.7 Å². The molecule has 0 radical (unpaired) electrons. The van der Waals surface area contributed by atoms with E-state index in [1.807, 2.05) is 24.3 Å². The van der Waals surface area contributed by atoms with Crippen LogP contribution in [0.3, 0.4) is 0 Å². The number of benzene rings is 1. The summed E-state index contributed by atoms with van der Waals surface area (Å²) in [6.45, 7) is 0.294. The van der Waals surface area contributed by atoms with Crippen molar-refractivity contribution in [1.29, 1.82) is 0 Å². The molecular weight excluding hydrogens is 288 g/mol. The van der Waals surface area contributed by atoms with E-state index in [9.17, 15) is 4.79 Å². The number of carboxylic acid groups (broad SMARTS) is 1. The van der Waals surface area contributed by atoms with Gasteiger partial charge in [-0.1, -0.05) is 23.7 Å². The number of rotatable bonds is 6. The van der Waals surface area contributed by atoms with Crippen molar-refractivity contribution in [2.45, 2.75) is 18.8 Å². The summed E-state index contributed by atoms with van der Waals surface area (Å²) < 4.78 is 0. The highest BCUT2D eigenvalue weighted by Gasteiger charge is 2.15. The Morgan fingerprint density at radius 3 is 2.62 bits per heavy atom. The molecule has 0 unspecified atom stereocenters.